The van der Waals surface area contributed by atoms with E-state index in [1.165, 1.54) is 22.6 Å². The Morgan fingerprint density at radius 2 is 2.00 bits per heavy atom. The number of hydrogen-bond donors (Lipinski definition) is 1. The maximum Gasteiger partial charge on any atom is 0.433 e. The highest BCUT2D eigenvalue weighted by Gasteiger charge is 2.38. The van der Waals surface area contributed by atoms with Gasteiger partial charge < -0.3 is 5.11 Å². The highest BCUT2D eigenvalue weighted by atomic mass is 127. The van der Waals surface area contributed by atoms with Crippen molar-refractivity contribution in [3.8, 4) is 0 Å². The number of carboxylic acids is 1. The van der Waals surface area contributed by atoms with Crippen molar-refractivity contribution < 1.29 is 31.9 Å². The first kappa shape index (κ1) is 15.1. The van der Waals surface area contributed by atoms with Gasteiger partial charge in [0, 0.05) is 11.1 Å². The Morgan fingerprint density at radius 1 is 1.44 bits per heavy atom. The minimum absolute atomic E-state index is 0.274. The first-order chi connectivity index (χ1) is 8.12. The fourth-order valence-electron chi connectivity index (χ4n) is 1.32. The van der Waals surface area contributed by atoms with E-state index in [1.54, 1.807) is 0 Å². The number of halogens is 6. The molecule has 3 nitrogen and oxygen atoms in total. The molecule has 1 aromatic heterocycles. The number of alkyl halides is 5. The Labute approximate surface area is 111 Å². The molecule has 1 aromatic rings. The van der Waals surface area contributed by atoms with Crippen molar-refractivity contribution in [2.45, 2.75) is 19.0 Å². The van der Waals surface area contributed by atoms with Gasteiger partial charge in [-0.1, -0.05) is 0 Å². The SMILES string of the molecule is O=C(O)Cc1c(C(F)F)cc(I)nc1C(F)(F)F. The maximum atomic E-state index is 12.6. The number of carboxylic acid groups (broad SMARTS) is 1. The van der Waals surface area contributed by atoms with Gasteiger partial charge in [0.25, 0.3) is 6.43 Å². The fourth-order valence-corrected chi connectivity index (χ4v) is 1.90. The lowest BCUT2D eigenvalue weighted by Crippen LogP contribution is -2.18. The van der Waals surface area contributed by atoms with Gasteiger partial charge >= 0.3 is 12.1 Å². The zero-order valence-corrected chi connectivity index (χ0v) is 10.6. The van der Waals surface area contributed by atoms with E-state index in [4.69, 9.17) is 5.11 Å². The molecule has 1 rings (SSSR count). The predicted molar refractivity (Wildman–Crippen MR) is 58.3 cm³/mol. The molecule has 0 unspecified atom stereocenters. The summed E-state index contributed by atoms with van der Waals surface area (Å²) in [5.74, 6) is -1.63. The lowest BCUT2D eigenvalue weighted by molar-refractivity contribution is -0.142. The molecule has 0 aliphatic heterocycles. The number of rotatable bonds is 3. The predicted octanol–water partition coefficient (Wildman–Crippen LogP) is 3.27. The van der Waals surface area contributed by atoms with Gasteiger partial charge in [-0.15, -0.1) is 0 Å². The van der Waals surface area contributed by atoms with E-state index in [0.29, 0.717) is 0 Å². The summed E-state index contributed by atoms with van der Waals surface area (Å²) in [5.41, 5.74) is -3.53. The Balaban J connectivity index is 3.52. The van der Waals surface area contributed by atoms with Crippen molar-refractivity contribution in [3.05, 3.63) is 26.6 Å². The van der Waals surface area contributed by atoms with Crippen LogP contribution in [0.15, 0.2) is 6.07 Å². The van der Waals surface area contributed by atoms with Crippen molar-refractivity contribution in [3.63, 3.8) is 0 Å². The highest BCUT2D eigenvalue weighted by Crippen LogP contribution is 2.36. The minimum Gasteiger partial charge on any atom is -0.481 e. The summed E-state index contributed by atoms with van der Waals surface area (Å²) in [5, 5.41) is 8.49. The van der Waals surface area contributed by atoms with Crippen LogP contribution in [0, 0.1) is 3.70 Å². The maximum absolute atomic E-state index is 12.6. The number of aromatic nitrogens is 1. The summed E-state index contributed by atoms with van der Waals surface area (Å²) in [7, 11) is 0. The summed E-state index contributed by atoms with van der Waals surface area (Å²) in [6, 6.07) is 0.749. The van der Waals surface area contributed by atoms with Crippen LogP contribution < -0.4 is 0 Å². The van der Waals surface area contributed by atoms with Gasteiger partial charge in [0.05, 0.1) is 6.42 Å². The Bertz CT molecular complexity index is 475. The van der Waals surface area contributed by atoms with E-state index in [0.717, 1.165) is 6.07 Å². The molecule has 100 valence electrons. The second-order valence-corrected chi connectivity index (χ2v) is 4.34. The smallest absolute Gasteiger partial charge is 0.433 e. The van der Waals surface area contributed by atoms with Gasteiger partial charge in [-0.3, -0.25) is 4.79 Å². The van der Waals surface area contributed by atoms with Crippen LogP contribution in [0.4, 0.5) is 22.0 Å². The molecule has 0 radical (unpaired) electrons. The van der Waals surface area contributed by atoms with Crippen LogP contribution in [0.25, 0.3) is 0 Å². The Kier molecular flexibility index (Phi) is 4.46. The van der Waals surface area contributed by atoms with Crippen molar-refractivity contribution in [2.24, 2.45) is 0 Å². The standard InChI is InChI=1S/C9H5F5INO2/c10-8(11)4-1-5(15)16-7(9(12,13)14)3(4)2-6(17)18/h1,8H,2H2,(H,17,18). The molecular formula is C9H5F5INO2. The zero-order chi connectivity index (χ0) is 14.1. The van der Waals surface area contributed by atoms with Gasteiger partial charge in [-0.25, -0.2) is 13.8 Å². The topological polar surface area (TPSA) is 50.2 Å². The summed E-state index contributed by atoms with van der Waals surface area (Å²) in [6.45, 7) is 0. The van der Waals surface area contributed by atoms with Crippen molar-refractivity contribution in [1.29, 1.82) is 0 Å². The molecule has 0 bridgehead atoms. The molecule has 0 atom stereocenters. The van der Waals surface area contributed by atoms with Crippen LogP contribution in [-0.2, 0) is 17.4 Å². The van der Waals surface area contributed by atoms with Gasteiger partial charge in [-0.2, -0.15) is 13.2 Å². The largest absolute Gasteiger partial charge is 0.481 e. The van der Waals surface area contributed by atoms with Crippen molar-refractivity contribution >= 4 is 28.6 Å². The molecule has 0 saturated carbocycles. The first-order valence-electron chi connectivity index (χ1n) is 4.39. The third-order valence-electron chi connectivity index (χ3n) is 1.96. The number of aliphatic carboxylic acids is 1. The van der Waals surface area contributed by atoms with Crippen molar-refractivity contribution in [2.75, 3.05) is 0 Å². The van der Waals surface area contributed by atoms with Gasteiger partial charge in [0.15, 0.2) is 0 Å². The molecule has 0 fully saturated rings. The van der Waals surface area contributed by atoms with Crippen LogP contribution in [0.2, 0.25) is 0 Å². The highest BCUT2D eigenvalue weighted by molar-refractivity contribution is 14.1. The number of nitrogens with zero attached hydrogens (tertiary/aromatic N) is 1. The van der Waals surface area contributed by atoms with Crippen LogP contribution in [0.3, 0.4) is 0 Å². The van der Waals surface area contributed by atoms with E-state index >= 15 is 0 Å². The number of carbonyl (C=O) groups is 1. The Morgan fingerprint density at radius 3 is 2.39 bits per heavy atom. The van der Waals surface area contributed by atoms with Gasteiger partial charge in [-0.05, 0) is 28.7 Å². The van der Waals surface area contributed by atoms with E-state index < -0.39 is 41.8 Å². The third-order valence-corrected chi connectivity index (χ3v) is 2.51. The van der Waals surface area contributed by atoms with E-state index in [1.807, 2.05) is 0 Å². The summed E-state index contributed by atoms with van der Waals surface area (Å²) in [6.07, 6.45) is -9.33. The van der Waals surface area contributed by atoms with E-state index in [-0.39, 0.29) is 3.70 Å². The van der Waals surface area contributed by atoms with Gasteiger partial charge in [0.1, 0.15) is 9.39 Å². The zero-order valence-electron chi connectivity index (χ0n) is 8.43. The molecular weight excluding hydrogens is 376 g/mol. The molecule has 0 amide bonds. The quantitative estimate of drug-likeness (QED) is 0.497. The summed E-state index contributed by atoms with van der Waals surface area (Å²) < 4.78 is 62.9. The third kappa shape index (κ3) is 3.50. The summed E-state index contributed by atoms with van der Waals surface area (Å²) >= 11 is 1.36. The monoisotopic (exact) mass is 381 g/mol. The molecule has 1 N–H and O–H groups in total. The molecule has 18 heavy (non-hydrogen) atoms. The average Bonchev–Trinajstić information content (AvgIpc) is 2.17. The molecule has 9 heteroatoms. The van der Waals surface area contributed by atoms with Crippen LogP contribution in [-0.4, -0.2) is 16.1 Å². The second kappa shape index (κ2) is 5.33. The normalized spacial score (nSPS) is 11.9. The van der Waals surface area contributed by atoms with E-state index in [9.17, 15) is 26.7 Å². The first-order valence-corrected chi connectivity index (χ1v) is 5.47. The lowest BCUT2D eigenvalue weighted by Gasteiger charge is -2.15. The summed E-state index contributed by atoms with van der Waals surface area (Å²) in [4.78, 5) is 13.6. The lowest BCUT2D eigenvalue weighted by atomic mass is 10.0. The number of hydrogen-bond acceptors (Lipinski definition) is 2. The minimum atomic E-state index is -4.98. The van der Waals surface area contributed by atoms with Crippen molar-refractivity contribution in [1.82, 2.24) is 4.98 Å². The van der Waals surface area contributed by atoms with E-state index in [2.05, 4.69) is 4.98 Å². The molecule has 0 aliphatic carbocycles. The second-order valence-electron chi connectivity index (χ2n) is 3.23. The average molecular weight is 381 g/mol. The number of pyridine rings is 1. The molecule has 0 aliphatic rings. The van der Waals surface area contributed by atoms with Gasteiger partial charge in [0.2, 0.25) is 0 Å². The van der Waals surface area contributed by atoms with Crippen LogP contribution in [0.5, 0.6) is 0 Å². The Hall–Kier alpha value is -1.00. The van der Waals surface area contributed by atoms with Crippen LogP contribution >= 0.6 is 22.6 Å². The molecule has 0 saturated heterocycles. The van der Waals surface area contributed by atoms with Crippen LogP contribution in [0.1, 0.15) is 23.2 Å². The fraction of sp³-hybridized carbons (Fsp3) is 0.333. The molecule has 0 aromatic carbocycles. The molecule has 0 spiro atoms. The molecule has 1 heterocycles.